The summed E-state index contributed by atoms with van der Waals surface area (Å²) in [5.74, 6) is 0. The fraction of sp³-hybridized carbons (Fsp3) is 1.00. The quantitative estimate of drug-likeness (QED) is 0.449. The summed E-state index contributed by atoms with van der Waals surface area (Å²) in [5.41, 5.74) is 0. The second-order valence-corrected chi connectivity index (χ2v) is 2.50. The van der Waals surface area contributed by atoms with E-state index in [2.05, 4.69) is 0 Å². The van der Waals surface area contributed by atoms with Crippen molar-refractivity contribution in [3.8, 4) is 0 Å². The van der Waals surface area contributed by atoms with Crippen molar-refractivity contribution >= 4 is 0 Å². The lowest BCUT2D eigenvalue weighted by Crippen LogP contribution is -2.25. The summed E-state index contributed by atoms with van der Waals surface area (Å²) in [4.78, 5) is 19.1. The fourth-order valence-corrected chi connectivity index (χ4v) is 0.666. The molecular weight excluding hydrogens is 152 g/mol. The molecule has 6 nitrogen and oxygen atoms in total. The molecule has 0 fully saturated rings. The Morgan fingerprint density at radius 2 is 1.36 bits per heavy atom. The first-order valence-corrected chi connectivity index (χ1v) is 3.22. The third-order valence-corrected chi connectivity index (χ3v) is 1.40. The third kappa shape index (κ3) is 3.49. The Morgan fingerprint density at radius 1 is 1.09 bits per heavy atom. The summed E-state index contributed by atoms with van der Waals surface area (Å²) in [6.45, 7) is 2.72. The topological polar surface area (TPSA) is 86.3 Å². The summed E-state index contributed by atoms with van der Waals surface area (Å²) >= 11 is 0. The van der Waals surface area contributed by atoms with E-state index in [0.717, 1.165) is 0 Å². The largest absolute Gasteiger partial charge is 0.264 e. The summed E-state index contributed by atoms with van der Waals surface area (Å²) in [6.07, 6.45) is -0.0139. The van der Waals surface area contributed by atoms with Crippen molar-refractivity contribution < 1.29 is 9.85 Å². The predicted molar refractivity (Wildman–Crippen MR) is 37.5 cm³/mol. The van der Waals surface area contributed by atoms with E-state index in [9.17, 15) is 20.2 Å². The van der Waals surface area contributed by atoms with Gasteiger partial charge >= 0.3 is 0 Å². The zero-order valence-corrected chi connectivity index (χ0v) is 6.39. The Hall–Kier alpha value is -1.20. The molecule has 0 aliphatic heterocycles. The first-order valence-electron chi connectivity index (χ1n) is 3.22. The molecule has 0 bridgehead atoms. The Labute approximate surface area is 63.5 Å². The molecule has 0 amide bonds. The average Bonchev–Trinajstić information content (AvgIpc) is 1.87. The van der Waals surface area contributed by atoms with Crippen LogP contribution in [0.3, 0.4) is 0 Å². The van der Waals surface area contributed by atoms with Crippen LogP contribution in [0, 0.1) is 20.2 Å². The smallest absolute Gasteiger partial charge is 0.216 e. The van der Waals surface area contributed by atoms with Crippen LogP contribution in [0.25, 0.3) is 0 Å². The molecule has 0 rings (SSSR count). The van der Waals surface area contributed by atoms with Gasteiger partial charge in [0.2, 0.25) is 12.1 Å². The van der Waals surface area contributed by atoms with E-state index in [-0.39, 0.29) is 6.42 Å². The van der Waals surface area contributed by atoms with Crippen LogP contribution in [0.5, 0.6) is 0 Å². The number of hydrogen-bond acceptors (Lipinski definition) is 4. The molecule has 0 saturated heterocycles. The van der Waals surface area contributed by atoms with E-state index < -0.39 is 21.9 Å². The van der Waals surface area contributed by atoms with Crippen molar-refractivity contribution in [1.29, 1.82) is 0 Å². The zero-order chi connectivity index (χ0) is 9.02. The summed E-state index contributed by atoms with van der Waals surface area (Å²) in [7, 11) is 0. The minimum atomic E-state index is -0.838. The van der Waals surface area contributed by atoms with E-state index >= 15 is 0 Å². The number of nitrogens with zero attached hydrogens (tertiary/aromatic N) is 2. The lowest BCUT2D eigenvalue weighted by molar-refractivity contribution is -0.555. The summed E-state index contributed by atoms with van der Waals surface area (Å²) < 4.78 is 0. The molecule has 64 valence electrons. The van der Waals surface area contributed by atoms with Gasteiger partial charge in [0.05, 0.1) is 6.42 Å². The van der Waals surface area contributed by atoms with Crippen molar-refractivity contribution in [1.82, 2.24) is 0 Å². The molecular formula is C5H10N2O4. The molecule has 0 saturated carbocycles. The normalized spacial score (nSPS) is 15.5. The van der Waals surface area contributed by atoms with Gasteiger partial charge in [-0.25, -0.2) is 0 Å². The van der Waals surface area contributed by atoms with Gasteiger partial charge in [-0.15, -0.1) is 0 Å². The first kappa shape index (κ1) is 9.80. The van der Waals surface area contributed by atoms with Gasteiger partial charge in [0.1, 0.15) is 0 Å². The molecule has 0 N–H and O–H groups in total. The molecule has 0 unspecified atom stereocenters. The van der Waals surface area contributed by atoms with Crippen LogP contribution in [-0.4, -0.2) is 21.9 Å². The SMILES string of the molecule is C[C@H](C[C@@H](C)[N+](=O)[O-])[N+](=O)[O-]. The van der Waals surface area contributed by atoms with Gasteiger partial charge in [-0.1, -0.05) is 0 Å². The van der Waals surface area contributed by atoms with Gasteiger partial charge < -0.3 is 0 Å². The molecule has 0 heterocycles. The summed E-state index contributed by atoms with van der Waals surface area (Å²) in [6, 6.07) is -1.68. The second kappa shape index (κ2) is 3.85. The molecule has 0 aromatic heterocycles. The highest BCUT2D eigenvalue weighted by Gasteiger charge is 2.23. The first-order chi connectivity index (χ1) is 4.95. The van der Waals surface area contributed by atoms with Crippen molar-refractivity contribution in [3.05, 3.63) is 20.2 Å². The highest BCUT2D eigenvalue weighted by molar-refractivity contribution is 4.54. The second-order valence-electron chi connectivity index (χ2n) is 2.50. The van der Waals surface area contributed by atoms with Crippen LogP contribution in [0.1, 0.15) is 20.3 Å². The molecule has 0 aromatic rings. The molecule has 6 heteroatoms. The highest BCUT2D eigenvalue weighted by Crippen LogP contribution is 2.02. The molecule has 11 heavy (non-hydrogen) atoms. The Bertz CT molecular complexity index is 152. The van der Waals surface area contributed by atoms with E-state index in [1.54, 1.807) is 0 Å². The standard InChI is InChI=1S/C5H10N2O4/c1-4(6(8)9)3-5(2)7(10)11/h4-5H,3H2,1-2H3/t4-,5-/m1/s1. The van der Waals surface area contributed by atoms with Crippen molar-refractivity contribution in [3.63, 3.8) is 0 Å². The number of hydrogen-bond donors (Lipinski definition) is 0. The van der Waals surface area contributed by atoms with Crippen LogP contribution < -0.4 is 0 Å². The maximum atomic E-state index is 10.0. The van der Waals surface area contributed by atoms with Crippen LogP contribution >= 0.6 is 0 Å². The van der Waals surface area contributed by atoms with Gasteiger partial charge in [-0.3, -0.25) is 20.2 Å². The lowest BCUT2D eigenvalue weighted by Gasteiger charge is -2.04. The maximum Gasteiger partial charge on any atom is 0.216 e. The maximum absolute atomic E-state index is 10.0. The lowest BCUT2D eigenvalue weighted by atomic mass is 10.1. The van der Waals surface area contributed by atoms with Crippen molar-refractivity contribution in [2.45, 2.75) is 32.4 Å². The monoisotopic (exact) mass is 162 g/mol. The van der Waals surface area contributed by atoms with E-state index in [1.807, 2.05) is 0 Å². The van der Waals surface area contributed by atoms with E-state index in [1.165, 1.54) is 13.8 Å². The fourth-order valence-electron chi connectivity index (χ4n) is 0.666. The minimum Gasteiger partial charge on any atom is -0.264 e. The highest BCUT2D eigenvalue weighted by atomic mass is 16.6. The molecule has 0 spiro atoms. The molecule has 0 aliphatic carbocycles. The van der Waals surface area contributed by atoms with Gasteiger partial charge in [-0.05, 0) is 0 Å². The van der Waals surface area contributed by atoms with Gasteiger partial charge in [0.25, 0.3) is 0 Å². The number of nitro groups is 2. The summed E-state index contributed by atoms with van der Waals surface area (Å²) in [5, 5.41) is 20.1. The van der Waals surface area contributed by atoms with Crippen LogP contribution in [-0.2, 0) is 0 Å². The number of rotatable bonds is 4. The molecule has 0 aliphatic rings. The van der Waals surface area contributed by atoms with Gasteiger partial charge in [0.15, 0.2) is 0 Å². The zero-order valence-electron chi connectivity index (χ0n) is 6.39. The minimum absolute atomic E-state index is 0.0139. The van der Waals surface area contributed by atoms with Crippen LogP contribution in [0.15, 0.2) is 0 Å². The molecule has 0 radical (unpaired) electrons. The van der Waals surface area contributed by atoms with Crippen molar-refractivity contribution in [2.75, 3.05) is 0 Å². The van der Waals surface area contributed by atoms with Crippen molar-refractivity contribution in [2.24, 2.45) is 0 Å². The predicted octanol–water partition coefficient (Wildman–Crippen LogP) is 0.707. The van der Waals surface area contributed by atoms with Crippen LogP contribution in [0.2, 0.25) is 0 Å². The molecule has 2 atom stereocenters. The third-order valence-electron chi connectivity index (χ3n) is 1.40. The van der Waals surface area contributed by atoms with Gasteiger partial charge in [0, 0.05) is 23.7 Å². The average molecular weight is 162 g/mol. The van der Waals surface area contributed by atoms with Crippen LogP contribution in [0.4, 0.5) is 0 Å². The Balaban J connectivity index is 3.84. The van der Waals surface area contributed by atoms with Gasteiger partial charge in [-0.2, -0.15) is 0 Å². The van der Waals surface area contributed by atoms with E-state index in [4.69, 9.17) is 0 Å². The van der Waals surface area contributed by atoms with E-state index in [0.29, 0.717) is 0 Å². The Kier molecular flexibility index (Phi) is 3.43. The Morgan fingerprint density at radius 3 is 1.55 bits per heavy atom. The molecule has 0 aromatic carbocycles.